The minimum atomic E-state index is -0.221. The van der Waals surface area contributed by atoms with Crippen molar-refractivity contribution in [1.82, 2.24) is 14.7 Å². The molecule has 0 saturated carbocycles. The summed E-state index contributed by atoms with van der Waals surface area (Å²) in [6, 6.07) is 3.47. The number of piperidine rings is 1. The summed E-state index contributed by atoms with van der Waals surface area (Å²) < 4.78 is 13.3. The summed E-state index contributed by atoms with van der Waals surface area (Å²) in [7, 11) is 1.93. The molecule has 2 fully saturated rings. The zero-order valence-electron chi connectivity index (χ0n) is 13.3. The maximum absolute atomic E-state index is 12.5. The van der Waals surface area contributed by atoms with E-state index in [0.29, 0.717) is 24.8 Å². The van der Waals surface area contributed by atoms with Gasteiger partial charge in [-0.2, -0.15) is 5.10 Å². The molecule has 1 amide bonds. The third-order valence-corrected chi connectivity index (χ3v) is 4.96. The third-order valence-electron chi connectivity index (χ3n) is 4.96. The van der Waals surface area contributed by atoms with Crippen molar-refractivity contribution in [2.24, 2.45) is 7.05 Å². The Morgan fingerprint density at radius 2 is 2.39 bits per heavy atom. The normalized spacial score (nSPS) is 27.7. The molecule has 4 heterocycles. The van der Waals surface area contributed by atoms with Gasteiger partial charge in [-0.3, -0.25) is 9.48 Å². The summed E-state index contributed by atoms with van der Waals surface area (Å²) in [5.74, 6) is 0.730. The van der Waals surface area contributed by atoms with E-state index in [1.165, 1.54) is 11.8 Å². The van der Waals surface area contributed by atoms with E-state index in [-0.39, 0.29) is 11.5 Å². The van der Waals surface area contributed by atoms with E-state index >= 15 is 0 Å². The molecular formula is C17H21N3O3. The van der Waals surface area contributed by atoms with Crippen LogP contribution in [0.15, 0.2) is 35.2 Å². The second-order valence-electron chi connectivity index (χ2n) is 6.65. The molecular weight excluding hydrogens is 294 g/mol. The molecule has 0 aliphatic carbocycles. The molecule has 0 aromatic carbocycles. The monoisotopic (exact) mass is 315 g/mol. The van der Waals surface area contributed by atoms with E-state index in [2.05, 4.69) is 11.3 Å². The van der Waals surface area contributed by atoms with Gasteiger partial charge in [0.25, 0.3) is 5.91 Å². The van der Waals surface area contributed by atoms with Gasteiger partial charge in [0.05, 0.1) is 31.2 Å². The fourth-order valence-corrected chi connectivity index (χ4v) is 3.82. The standard InChI is InChI=1S/C17H21N3O3/c1-19-10-14(9-18-19)13-8-17(23-11-13)5-3-6-20(12-17)16(21)15-4-2-7-22-15/h2,4,7,9-10,13H,3,5-6,8,11-12H2,1H3/t13-,17-/m1/s1. The van der Waals surface area contributed by atoms with Crippen LogP contribution in [0.2, 0.25) is 0 Å². The van der Waals surface area contributed by atoms with E-state index in [0.717, 1.165) is 25.8 Å². The van der Waals surface area contributed by atoms with Gasteiger partial charge in [0.2, 0.25) is 0 Å². The highest BCUT2D eigenvalue weighted by Gasteiger charge is 2.45. The van der Waals surface area contributed by atoms with Crippen molar-refractivity contribution in [2.75, 3.05) is 19.7 Å². The van der Waals surface area contributed by atoms with Gasteiger partial charge in [0.1, 0.15) is 0 Å². The first-order valence-corrected chi connectivity index (χ1v) is 8.10. The second kappa shape index (κ2) is 5.53. The number of furan rings is 1. The third kappa shape index (κ3) is 2.67. The zero-order valence-corrected chi connectivity index (χ0v) is 13.3. The average Bonchev–Trinajstić information content (AvgIpc) is 3.28. The number of aromatic nitrogens is 2. The minimum Gasteiger partial charge on any atom is -0.459 e. The lowest BCUT2D eigenvalue weighted by molar-refractivity contribution is -0.0453. The maximum atomic E-state index is 12.5. The number of aryl methyl sites for hydroxylation is 1. The maximum Gasteiger partial charge on any atom is 0.289 e. The summed E-state index contributed by atoms with van der Waals surface area (Å²) in [6.45, 7) is 2.11. The molecule has 4 rings (SSSR count). The molecule has 6 nitrogen and oxygen atoms in total. The highest BCUT2D eigenvalue weighted by Crippen LogP contribution is 2.41. The molecule has 0 N–H and O–H groups in total. The highest BCUT2D eigenvalue weighted by atomic mass is 16.5. The number of rotatable bonds is 2. The van der Waals surface area contributed by atoms with E-state index < -0.39 is 0 Å². The fourth-order valence-electron chi connectivity index (χ4n) is 3.82. The van der Waals surface area contributed by atoms with Crippen molar-refractivity contribution in [3.8, 4) is 0 Å². The molecule has 0 radical (unpaired) electrons. The van der Waals surface area contributed by atoms with Gasteiger partial charge in [0, 0.05) is 25.7 Å². The summed E-state index contributed by atoms with van der Waals surface area (Å²) in [6.07, 6.45) is 8.43. The number of likely N-dealkylation sites (tertiary alicyclic amines) is 1. The van der Waals surface area contributed by atoms with Gasteiger partial charge < -0.3 is 14.1 Å². The molecule has 1 spiro atoms. The van der Waals surface area contributed by atoms with Gasteiger partial charge in [-0.25, -0.2) is 0 Å². The molecule has 23 heavy (non-hydrogen) atoms. The van der Waals surface area contributed by atoms with Crippen molar-refractivity contribution in [1.29, 1.82) is 0 Å². The molecule has 2 saturated heterocycles. The average molecular weight is 315 g/mol. The molecule has 2 aliphatic heterocycles. The van der Waals surface area contributed by atoms with Crippen LogP contribution in [-0.4, -0.2) is 45.9 Å². The van der Waals surface area contributed by atoms with Crippen LogP contribution >= 0.6 is 0 Å². The van der Waals surface area contributed by atoms with Crippen LogP contribution in [0.1, 0.15) is 41.3 Å². The summed E-state index contributed by atoms with van der Waals surface area (Å²) in [5, 5.41) is 4.26. The molecule has 2 aliphatic rings. The number of carbonyl (C=O) groups is 1. The predicted octanol–water partition coefficient (Wildman–Crippen LogP) is 2.19. The lowest BCUT2D eigenvalue weighted by Crippen LogP contribution is -2.50. The predicted molar refractivity (Wildman–Crippen MR) is 83.1 cm³/mol. The number of hydrogen-bond acceptors (Lipinski definition) is 4. The Hall–Kier alpha value is -2.08. The summed E-state index contributed by atoms with van der Waals surface area (Å²) >= 11 is 0. The van der Waals surface area contributed by atoms with Crippen LogP contribution in [0, 0.1) is 0 Å². The number of amides is 1. The molecule has 122 valence electrons. The van der Waals surface area contributed by atoms with Gasteiger partial charge in [-0.15, -0.1) is 0 Å². The van der Waals surface area contributed by atoms with Crippen LogP contribution in [0.4, 0.5) is 0 Å². The summed E-state index contributed by atoms with van der Waals surface area (Å²) in [4.78, 5) is 14.4. The molecule has 2 atom stereocenters. The van der Waals surface area contributed by atoms with E-state index in [4.69, 9.17) is 9.15 Å². The Bertz CT molecular complexity index is 694. The molecule has 0 bridgehead atoms. The first-order valence-electron chi connectivity index (χ1n) is 8.10. The van der Waals surface area contributed by atoms with Gasteiger partial charge in [-0.05, 0) is 37.0 Å². The van der Waals surface area contributed by atoms with Crippen molar-refractivity contribution in [3.05, 3.63) is 42.1 Å². The minimum absolute atomic E-state index is 0.0393. The number of carbonyl (C=O) groups excluding carboxylic acids is 1. The fraction of sp³-hybridized carbons (Fsp3) is 0.529. The smallest absolute Gasteiger partial charge is 0.289 e. The Kier molecular flexibility index (Phi) is 3.49. The van der Waals surface area contributed by atoms with Crippen LogP contribution in [0.3, 0.4) is 0 Å². The van der Waals surface area contributed by atoms with Gasteiger partial charge in [0.15, 0.2) is 5.76 Å². The number of nitrogens with zero attached hydrogens (tertiary/aromatic N) is 3. The lowest BCUT2D eigenvalue weighted by atomic mass is 9.85. The van der Waals surface area contributed by atoms with Gasteiger partial charge >= 0.3 is 0 Å². The largest absolute Gasteiger partial charge is 0.459 e. The van der Waals surface area contributed by atoms with Crippen LogP contribution in [0.5, 0.6) is 0 Å². The van der Waals surface area contributed by atoms with Gasteiger partial charge in [-0.1, -0.05) is 0 Å². The second-order valence-corrected chi connectivity index (χ2v) is 6.65. The zero-order chi connectivity index (χ0) is 15.9. The van der Waals surface area contributed by atoms with Crippen LogP contribution in [-0.2, 0) is 11.8 Å². The Balaban J connectivity index is 1.48. The van der Waals surface area contributed by atoms with E-state index in [9.17, 15) is 4.79 Å². The number of hydrogen-bond donors (Lipinski definition) is 0. The van der Waals surface area contributed by atoms with Crippen molar-refractivity contribution in [3.63, 3.8) is 0 Å². The summed E-state index contributed by atoms with van der Waals surface area (Å²) in [5.41, 5.74) is 1.000. The van der Waals surface area contributed by atoms with Crippen molar-refractivity contribution < 1.29 is 13.9 Å². The molecule has 2 aromatic rings. The molecule has 6 heteroatoms. The SMILES string of the molecule is Cn1cc([C@H]2CO[C@]3(CCCN(C(=O)c4ccco4)C3)C2)cn1. The van der Waals surface area contributed by atoms with Crippen molar-refractivity contribution in [2.45, 2.75) is 30.8 Å². The van der Waals surface area contributed by atoms with Crippen molar-refractivity contribution >= 4 is 5.91 Å². The Morgan fingerprint density at radius 3 is 3.13 bits per heavy atom. The highest BCUT2D eigenvalue weighted by molar-refractivity contribution is 5.91. The molecule has 0 unspecified atom stereocenters. The lowest BCUT2D eigenvalue weighted by Gasteiger charge is -2.39. The topological polar surface area (TPSA) is 60.5 Å². The van der Waals surface area contributed by atoms with Crippen LogP contribution < -0.4 is 0 Å². The quantitative estimate of drug-likeness (QED) is 0.852. The Labute approximate surface area is 135 Å². The van der Waals surface area contributed by atoms with E-state index in [1.54, 1.807) is 12.1 Å². The number of ether oxygens (including phenoxy) is 1. The first-order chi connectivity index (χ1) is 11.2. The molecule has 2 aromatic heterocycles. The van der Waals surface area contributed by atoms with Crippen LogP contribution in [0.25, 0.3) is 0 Å². The first kappa shape index (κ1) is 14.5. The van der Waals surface area contributed by atoms with E-state index in [1.807, 2.05) is 22.8 Å². The Morgan fingerprint density at radius 1 is 1.48 bits per heavy atom.